The van der Waals surface area contributed by atoms with Gasteiger partial charge < -0.3 is 5.32 Å². The van der Waals surface area contributed by atoms with E-state index >= 15 is 0 Å². The highest BCUT2D eigenvalue weighted by Crippen LogP contribution is 2.41. The van der Waals surface area contributed by atoms with Gasteiger partial charge in [-0.25, -0.2) is 0 Å². The Bertz CT molecular complexity index is 406. The zero-order valence-corrected chi connectivity index (χ0v) is 13.7. The lowest BCUT2D eigenvalue weighted by atomic mass is 9.85. The van der Waals surface area contributed by atoms with E-state index in [1.807, 2.05) is 0 Å². The van der Waals surface area contributed by atoms with Crippen molar-refractivity contribution in [2.24, 2.45) is 5.41 Å². The van der Waals surface area contributed by atoms with Crippen LogP contribution in [-0.2, 0) is 6.42 Å². The number of benzene rings is 1. The fourth-order valence-corrected chi connectivity index (χ4v) is 4.18. The fourth-order valence-electron chi connectivity index (χ4n) is 2.56. The molecule has 0 spiro atoms. The second-order valence-corrected chi connectivity index (χ2v) is 8.87. The lowest BCUT2D eigenvalue weighted by molar-refractivity contribution is 0.271. The molecule has 0 amide bonds. The van der Waals surface area contributed by atoms with Gasteiger partial charge in [-0.1, -0.05) is 32.0 Å². The number of rotatable bonds is 4. The quantitative estimate of drug-likeness (QED) is 0.869. The minimum Gasteiger partial charge on any atom is -0.312 e. The molecule has 0 bridgehead atoms. The van der Waals surface area contributed by atoms with Gasteiger partial charge in [0.05, 0.1) is 0 Å². The zero-order valence-electron chi connectivity index (χ0n) is 12.9. The SMILES string of the molecule is CC(C)(CNC(C)(C)C)CC1Cc2ccccc2S1. The maximum Gasteiger partial charge on any atom is 0.0141 e. The lowest BCUT2D eigenvalue weighted by Crippen LogP contribution is -2.42. The standard InChI is InChI=1S/C17H27NS/c1-16(2,3)18-12-17(4,5)11-14-10-13-8-6-7-9-15(13)19-14/h6-9,14,18H,10-12H2,1-5H3. The summed E-state index contributed by atoms with van der Waals surface area (Å²) in [7, 11) is 0. The van der Waals surface area contributed by atoms with Gasteiger partial charge in [0, 0.05) is 22.2 Å². The van der Waals surface area contributed by atoms with E-state index in [-0.39, 0.29) is 5.54 Å². The minimum atomic E-state index is 0.211. The molecule has 1 aromatic carbocycles. The Kier molecular flexibility index (Phi) is 4.32. The molecule has 1 heterocycles. The third-order valence-corrected chi connectivity index (χ3v) is 4.91. The molecule has 2 heteroatoms. The number of thioether (sulfide) groups is 1. The monoisotopic (exact) mass is 277 g/mol. The van der Waals surface area contributed by atoms with Gasteiger partial charge in [-0.2, -0.15) is 0 Å². The van der Waals surface area contributed by atoms with Crippen molar-refractivity contribution in [1.82, 2.24) is 5.32 Å². The van der Waals surface area contributed by atoms with E-state index in [9.17, 15) is 0 Å². The topological polar surface area (TPSA) is 12.0 Å². The average Bonchev–Trinajstić information content (AvgIpc) is 2.66. The summed E-state index contributed by atoms with van der Waals surface area (Å²) in [6.07, 6.45) is 2.51. The predicted octanol–water partition coefficient (Wildman–Crippen LogP) is 4.51. The molecule has 2 rings (SSSR count). The van der Waals surface area contributed by atoms with Gasteiger partial charge in [0.25, 0.3) is 0 Å². The maximum atomic E-state index is 3.65. The van der Waals surface area contributed by atoms with Crippen molar-refractivity contribution in [3.05, 3.63) is 29.8 Å². The summed E-state index contributed by atoms with van der Waals surface area (Å²) >= 11 is 2.07. The molecule has 1 aliphatic rings. The number of hydrogen-bond donors (Lipinski definition) is 1. The van der Waals surface area contributed by atoms with Crippen LogP contribution in [-0.4, -0.2) is 17.3 Å². The van der Waals surface area contributed by atoms with Crippen LogP contribution in [0.4, 0.5) is 0 Å². The number of fused-ring (bicyclic) bond motifs is 1. The second-order valence-electron chi connectivity index (χ2n) is 7.52. The molecule has 106 valence electrons. The van der Waals surface area contributed by atoms with Crippen molar-refractivity contribution in [3.63, 3.8) is 0 Å². The highest BCUT2D eigenvalue weighted by atomic mass is 32.2. The Hall–Kier alpha value is -0.470. The van der Waals surface area contributed by atoms with E-state index in [1.54, 1.807) is 0 Å². The van der Waals surface area contributed by atoms with Gasteiger partial charge in [0.15, 0.2) is 0 Å². The first-order valence-electron chi connectivity index (χ1n) is 7.25. The van der Waals surface area contributed by atoms with Crippen molar-refractivity contribution in [1.29, 1.82) is 0 Å². The first-order chi connectivity index (χ1) is 8.75. The van der Waals surface area contributed by atoms with Gasteiger partial charge >= 0.3 is 0 Å². The van der Waals surface area contributed by atoms with Crippen molar-refractivity contribution in [2.75, 3.05) is 6.54 Å². The van der Waals surface area contributed by atoms with Crippen LogP contribution in [0.3, 0.4) is 0 Å². The summed E-state index contributed by atoms with van der Waals surface area (Å²) in [5.41, 5.74) is 2.10. The summed E-state index contributed by atoms with van der Waals surface area (Å²) in [5.74, 6) is 0. The third-order valence-electron chi connectivity index (χ3n) is 3.59. The molecule has 1 atom stereocenters. The Morgan fingerprint density at radius 3 is 2.47 bits per heavy atom. The Balaban J connectivity index is 1.89. The highest BCUT2D eigenvalue weighted by Gasteiger charge is 2.29. The molecule has 0 saturated carbocycles. The zero-order chi connectivity index (χ0) is 14.1. The second kappa shape index (κ2) is 5.49. The van der Waals surface area contributed by atoms with Crippen LogP contribution in [0.25, 0.3) is 0 Å². The molecular formula is C17H27NS. The van der Waals surface area contributed by atoms with Crippen LogP contribution >= 0.6 is 11.8 Å². The summed E-state index contributed by atoms with van der Waals surface area (Å²) in [6.45, 7) is 12.6. The normalized spacial score (nSPS) is 19.5. The van der Waals surface area contributed by atoms with E-state index in [0.29, 0.717) is 5.41 Å². The Morgan fingerprint density at radius 2 is 1.84 bits per heavy atom. The molecule has 19 heavy (non-hydrogen) atoms. The van der Waals surface area contributed by atoms with E-state index in [0.717, 1.165) is 11.8 Å². The Morgan fingerprint density at radius 1 is 1.16 bits per heavy atom. The summed E-state index contributed by atoms with van der Waals surface area (Å²) in [6, 6.07) is 8.86. The van der Waals surface area contributed by atoms with Gasteiger partial charge in [-0.15, -0.1) is 11.8 Å². The third kappa shape index (κ3) is 4.54. The van der Waals surface area contributed by atoms with Crippen LogP contribution in [0.15, 0.2) is 29.2 Å². The van der Waals surface area contributed by atoms with E-state index < -0.39 is 0 Å². The van der Waals surface area contributed by atoms with E-state index in [1.165, 1.54) is 23.3 Å². The van der Waals surface area contributed by atoms with Crippen molar-refractivity contribution in [3.8, 4) is 0 Å². The number of nitrogens with one attached hydrogen (secondary N) is 1. The van der Waals surface area contributed by atoms with E-state index in [2.05, 4.69) is 76.0 Å². The molecule has 1 aromatic rings. The highest BCUT2D eigenvalue weighted by molar-refractivity contribution is 8.00. The fraction of sp³-hybridized carbons (Fsp3) is 0.647. The molecular weight excluding hydrogens is 250 g/mol. The van der Waals surface area contributed by atoms with Gasteiger partial charge in [-0.3, -0.25) is 0 Å². The smallest absolute Gasteiger partial charge is 0.0141 e. The van der Waals surface area contributed by atoms with Crippen LogP contribution in [0, 0.1) is 5.41 Å². The van der Waals surface area contributed by atoms with Crippen molar-refractivity contribution in [2.45, 2.75) is 63.1 Å². The Labute approximate surface area is 122 Å². The van der Waals surface area contributed by atoms with Crippen molar-refractivity contribution >= 4 is 11.8 Å². The summed E-state index contributed by atoms with van der Waals surface area (Å²) in [5, 5.41) is 4.39. The van der Waals surface area contributed by atoms with Crippen LogP contribution < -0.4 is 5.32 Å². The molecule has 1 N–H and O–H groups in total. The van der Waals surface area contributed by atoms with E-state index in [4.69, 9.17) is 0 Å². The van der Waals surface area contributed by atoms with Crippen molar-refractivity contribution < 1.29 is 0 Å². The minimum absolute atomic E-state index is 0.211. The largest absolute Gasteiger partial charge is 0.312 e. The number of hydrogen-bond acceptors (Lipinski definition) is 2. The average molecular weight is 277 g/mol. The predicted molar refractivity (Wildman–Crippen MR) is 85.9 cm³/mol. The maximum absolute atomic E-state index is 3.65. The first kappa shape index (κ1) is 14.9. The molecule has 0 saturated heterocycles. The first-order valence-corrected chi connectivity index (χ1v) is 8.13. The summed E-state index contributed by atoms with van der Waals surface area (Å²) in [4.78, 5) is 1.49. The molecule has 1 nitrogen and oxygen atoms in total. The molecule has 0 aliphatic carbocycles. The molecule has 0 fully saturated rings. The summed E-state index contributed by atoms with van der Waals surface area (Å²) < 4.78 is 0. The molecule has 1 unspecified atom stereocenters. The van der Waals surface area contributed by atoms with Crippen LogP contribution in [0.1, 0.15) is 46.6 Å². The lowest BCUT2D eigenvalue weighted by Gasteiger charge is -2.32. The van der Waals surface area contributed by atoms with Gasteiger partial charge in [0.2, 0.25) is 0 Å². The van der Waals surface area contributed by atoms with Crippen LogP contribution in [0.2, 0.25) is 0 Å². The van der Waals surface area contributed by atoms with Crippen LogP contribution in [0.5, 0.6) is 0 Å². The van der Waals surface area contributed by atoms with Gasteiger partial charge in [0.1, 0.15) is 0 Å². The molecule has 1 aliphatic heterocycles. The van der Waals surface area contributed by atoms with Gasteiger partial charge in [-0.05, 0) is 50.7 Å². The molecule has 0 aromatic heterocycles. The molecule has 0 radical (unpaired) electrons.